The van der Waals surface area contributed by atoms with Crippen LogP contribution in [-0.2, 0) is 0 Å². The van der Waals surface area contributed by atoms with Crippen LogP contribution in [0.4, 0.5) is 13.2 Å². The first kappa shape index (κ1) is 21.3. The molecular formula is C19H33F3N2. The van der Waals surface area contributed by atoms with Gasteiger partial charge in [0.2, 0.25) is 0 Å². The van der Waals surface area contributed by atoms with Gasteiger partial charge >= 0.3 is 6.18 Å². The molecule has 2 nitrogen and oxygen atoms in total. The average Bonchev–Trinajstić information content (AvgIpc) is 2.36. The van der Waals surface area contributed by atoms with Gasteiger partial charge in [0.1, 0.15) is 0 Å². The van der Waals surface area contributed by atoms with Crippen molar-refractivity contribution in [1.29, 1.82) is 5.26 Å². The fourth-order valence-corrected chi connectivity index (χ4v) is 3.53. The predicted octanol–water partition coefficient (Wildman–Crippen LogP) is 5.64. The van der Waals surface area contributed by atoms with Crippen molar-refractivity contribution in [3.05, 3.63) is 0 Å². The molecule has 0 aromatic rings. The molecule has 0 aliphatic carbocycles. The minimum atomic E-state index is -4.20. The highest BCUT2D eigenvalue weighted by Crippen LogP contribution is 2.46. The lowest BCUT2D eigenvalue weighted by atomic mass is 9.63. The topological polar surface area (TPSA) is 27.0 Å². The molecule has 0 radical (unpaired) electrons. The van der Waals surface area contributed by atoms with Crippen molar-refractivity contribution in [2.45, 2.75) is 79.9 Å². The summed E-state index contributed by atoms with van der Waals surface area (Å²) in [5.41, 5.74) is -0.852. The third-order valence-corrected chi connectivity index (χ3v) is 5.99. The summed E-state index contributed by atoms with van der Waals surface area (Å²) in [6, 6.07) is 2.19. The maximum absolute atomic E-state index is 13.0. The van der Waals surface area contributed by atoms with Gasteiger partial charge < -0.3 is 0 Å². The zero-order valence-electron chi connectivity index (χ0n) is 16.2. The summed E-state index contributed by atoms with van der Waals surface area (Å²) in [6.45, 7) is 13.9. The molecule has 0 aromatic heterocycles. The van der Waals surface area contributed by atoms with Gasteiger partial charge in [-0.3, -0.25) is 4.90 Å². The molecule has 24 heavy (non-hydrogen) atoms. The maximum Gasteiger partial charge on any atom is 0.401 e. The van der Waals surface area contributed by atoms with E-state index in [0.29, 0.717) is 18.9 Å². The molecule has 1 rings (SSSR count). The summed E-state index contributed by atoms with van der Waals surface area (Å²) in [4.78, 5) is 1.56. The molecule has 1 heterocycles. The average molecular weight is 346 g/mol. The summed E-state index contributed by atoms with van der Waals surface area (Å²) in [5.74, 6) is 0.384. The highest BCUT2D eigenvalue weighted by Gasteiger charge is 2.45. The molecule has 0 amide bonds. The normalized spacial score (nSPS) is 26.7. The summed E-state index contributed by atoms with van der Waals surface area (Å²) in [6.07, 6.45) is -2.20. The standard InChI is InChI=1S/C19H33F3N2/c1-16(2,3)14-8-9-24(13-19(20,21)22)15(10-14)11-18(7,12-23)17(4,5)6/h14-15H,8-11,13H2,1-7H3. The predicted molar refractivity (Wildman–Crippen MR) is 91.4 cm³/mol. The number of nitriles is 1. The molecule has 1 aliphatic rings. The number of halogens is 3. The van der Waals surface area contributed by atoms with Crippen molar-refractivity contribution >= 4 is 0 Å². The SMILES string of the molecule is CC(C)(C)C1CCN(CC(F)(F)F)C(CC(C)(C#N)C(C)(C)C)C1. The van der Waals surface area contributed by atoms with E-state index >= 15 is 0 Å². The van der Waals surface area contributed by atoms with Crippen LogP contribution >= 0.6 is 0 Å². The van der Waals surface area contributed by atoms with E-state index in [1.54, 1.807) is 4.90 Å². The fraction of sp³-hybridized carbons (Fsp3) is 0.947. The summed E-state index contributed by atoms with van der Waals surface area (Å²) in [5, 5.41) is 9.71. The molecule has 0 N–H and O–H groups in total. The van der Waals surface area contributed by atoms with E-state index in [-0.39, 0.29) is 16.9 Å². The van der Waals surface area contributed by atoms with Crippen LogP contribution in [-0.4, -0.2) is 30.2 Å². The maximum atomic E-state index is 13.0. The van der Waals surface area contributed by atoms with Crippen molar-refractivity contribution in [2.75, 3.05) is 13.1 Å². The number of piperidine rings is 1. The quantitative estimate of drug-likeness (QED) is 0.661. The lowest BCUT2D eigenvalue weighted by molar-refractivity contribution is -0.158. The van der Waals surface area contributed by atoms with Crippen LogP contribution in [0.5, 0.6) is 0 Å². The minimum Gasteiger partial charge on any atom is -0.292 e. The molecule has 3 atom stereocenters. The Kier molecular flexibility index (Phi) is 6.08. The molecule has 1 fully saturated rings. The van der Waals surface area contributed by atoms with Gasteiger partial charge in [0.15, 0.2) is 0 Å². The van der Waals surface area contributed by atoms with Gasteiger partial charge in [-0.2, -0.15) is 18.4 Å². The second-order valence-electron chi connectivity index (χ2n) is 9.72. The highest BCUT2D eigenvalue weighted by molar-refractivity contribution is 5.06. The molecule has 3 unspecified atom stereocenters. The Balaban J connectivity index is 3.06. The van der Waals surface area contributed by atoms with Crippen molar-refractivity contribution in [2.24, 2.45) is 22.2 Å². The van der Waals surface area contributed by atoms with Gasteiger partial charge in [0.25, 0.3) is 0 Å². The Hall–Kier alpha value is -0.760. The Bertz CT molecular complexity index is 465. The van der Waals surface area contributed by atoms with Crippen molar-refractivity contribution in [3.8, 4) is 6.07 Å². The van der Waals surface area contributed by atoms with E-state index in [0.717, 1.165) is 12.8 Å². The van der Waals surface area contributed by atoms with E-state index in [4.69, 9.17) is 0 Å². The number of nitrogens with zero attached hydrogens (tertiary/aromatic N) is 2. The van der Waals surface area contributed by atoms with Gasteiger partial charge in [0, 0.05) is 6.04 Å². The van der Waals surface area contributed by atoms with E-state index < -0.39 is 18.1 Å². The second-order valence-corrected chi connectivity index (χ2v) is 9.72. The minimum absolute atomic E-state index is 0.0767. The molecule has 0 aromatic carbocycles. The van der Waals surface area contributed by atoms with Gasteiger partial charge in [-0.1, -0.05) is 41.5 Å². The second kappa shape index (κ2) is 6.86. The molecule has 0 saturated carbocycles. The van der Waals surface area contributed by atoms with E-state index in [1.165, 1.54) is 0 Å². The van der Waals surface area contributed by atoms with Gasteiger partial charge in [0.05, 0.1) is 18.0 Å². The Morgan fingerprint density at radius 1 is 1.04 bits per heavy atom. The summed E-state index contributed by atoms with van der Waals surface area (Å²) in [7, 11) is 0. The van der Waals surface area contributed by atoms with Gasteiger partial charge in [-0.15, -0.1) is 0 Å². The van der Waals surface area contributed by atoms with E-state index in [9.17, 15) is 18.4 Å². The molecular weight excluding hydrogens is 313 g/mol. The van der Waals surface area contributed by atoms with E-state index in [2.05, 4.69) is 26.8 Å². The summed E-state index contributed by atoms with van der Waals surface area (Å²) < 4.78 is 39.0. The first-order valence-electron chi connectivity index (χ1n) is 8.81. The molecule has 0 spiro atoms. The fourth-order valence-electron chi connectivity index (χ4n) is 3.53. The molecule has 1 saturated heterocycles. The number of hydrogen-bond acceptors (Lipinski definition) is 2. The number of rotatable bonds is 3. The highest BCUT2D eigenvalue weighted by atomic mass is 19.4. The van der Waals surface area contributed by atoms with E-state index in [1.807, 2.05) is 27.7 Å². The first-order chi connectivity index (χ1) is 10.6. The van der Waals surface area contributed by atoms with Gasteiger partial charge in [-0.05, 0) is 49.5 Å². The van der Waals surface area contributed by atoms with Gasteiger partial charge in [-0.25, -0.2) is 0 Å². The van der Waals surface area contributed by atoms with Crippen LogP contribution < -0.4 is 0 Å². The van der Waals surface area contributed by atoms with Crippen LogP contribution in [0.2, 0.25) is 0 Å². The van der Waals surface area contributed by atoms with Crippen LogP contribution in [0.1, 0.15) is 67.7 Å². The number of hydrogen-bond donors (Lipinski definition) is 0. The zero-order chi connectivity index (χ0) is 19.0. The van der Waals surface area contributed by atoms with Crippen molar-refractivity contribution in [1.82, 2.24) is 4.90 Å². The largest absolute Gasteiger partial charge is 0.401 e. The molecule has 0 bridgehead atoms. The van der Waals surface area contributed by atoms with Crippen LogP contribution in [0.15, 0.2) is 0 Å². The lowest BCUT2D eigenvalue weighted by Crippen LogP contribution is -2.51. The Labute approximate surface area is 145 Å². The molecule has 140 valence electrons. The first-order valence-corrected chi connectivity index (χ1v) is 8.81. The smallest absolute Gasteiger partial charge is 0.292 e. The number of alkyl halides is 3. The van der Waals surface area contributed by atoms with Crippen molar-refractivity contribution < 1.29 is 13.2 Å². The third kappa shape index (κ3) is 5.37. The lowest BCUT2D eigenvalue weighted by Gasteiger charge is -2.48. The third-order valence-electron chi connectivity index (χ3n) is 5.99. The molecule has 1 aliphatic heterocycles. The van der Waals surface area contributed by atoms with Crippen LogP contribution in [0.3, 0.4) is 0 Å². The number of likely N-dealkylation sites (tertiary alicyclic amines) is 1. The summed E-state index contributed by atoms with van der Waals surface area (Å²) >= 11 is 0. The zero-order valence-corrected chi connectivity index (χ0v) is 16.2. The van der Waals surface area contributed by atoms with Crippen LogP contribution in [0, 0.1) is 33.5 Å². The van der Waals surface area contributed by atoms with Crippen molar-refractivity contribution in [3.63, 3.8) is 0 Å². The molecule has 5 heteroatoms. The van der Waals surface area contributed by atoms with Crippen LogP contribution in [0.25, 0.3) is 0 Å². The Morgan fingerprint density at radius 2 is 1.58 bits per heavy atom. The monoisotopic (exact) mass is 346 g/mol. The Morgan fingerprint density at radius 3 is 1.96 bits per heavy atom.